The summed E-state index contributed by atoms with van der Waals surface area (Å²) in [4.78, 5) is 43.4. The number of aryl methyl sites for hydroxylation is 1. The van der Waals surface area contributed by atoms with Crippen molar-refractivity contribution in [2.45, 2.75) is 26.4 Å². The normalized spacial score (nSPS) is 12.9. The van der Waals surface area contributed by atoms with Crippen LogP contribution in [0.3, 0.4) is 0 Å². The van der Waals surface area contributed by atoms with Gasteiger partial charge in [-0.1, -0.05) is 47.1 Å². The van der Waals surface area contributed by atoms with Gasteiger partial charge in [0.25, 0.3) is 17.7 Å². The second kappa shape index (κ2) is 8.90. The Morgan fingerprint density at radius 1 is 0.971 bits per heavy atom. The molecular formula is C26H21N3O5. The fourth-order valence-corrected chi connectivity index (χ4v) is 4.01. The molecule has 0 unspecified atom stereocenters. The zero-order valence-electron chi connectivity index (χ0n) is 18.5. The summed E-state index contributed by atoms with van der Waals surface area (Å²) in [6.07, 6.45) is 0.334. The van der Waals surface area contributed by atoms with E-state index in [-0.39, 0.29) is 43.6 Å². The molecule has 170 valence electrons. The minimum absolute atomic E-state index is 0.0472. The smallest absolute Gasteiger partial charge is 0.306 e. The summed E-state index contributed by atoms with van der Waals surface area (Å²) in [5.41, 5.74) is 2.89. The Bertz CT molecular complexity index is 1360. The van der Waals surface area contributed by atoms with E-state index in [1.807, 2.05) is 43.3 Å². The Labute approximate surface area is 195 Å². The van der Waals surface area contributed by atoms with Gasteiger partial charge in [-0.25, -0.2) is 0 Å². The monoisotopic (exact) mass is 455 g/mol. The van der Waals surface area contributed by atoms with E-state index in [0.29, 0.717) is 22.4 Å². The summed E-state index contributed by atoms with van der Waals surface area (Å²) >= 11 is 0. The lowest BCUT2D eigenvalue weighted by Crippen LogP contribution is -2.41. The van der Waals surface area contributed by atoms with Crippen LogP contribution in [0.5, 0.6) is 0 Å². The maximum absolute atomic E-state index is 12.9. The van der Waals surface area contributed by atoms with Gasteiger partial charge in [0.05, 0.1) is 0 Å². The van der Waals surface area contributed by atoms with Crippen LogP contribution < -0.4 is 0 Å². The van der Waals surface area contributed by atoms with Crippen molar-refractivity contribution in [1.29, 1.82) is 0 Å². The predicted octanol–water partition coefficient (Wildman–Crippen LogP) is 4.32. The van der Waals surface area contributed by atoms with Crippen molar-refractivity contribution in [3.63, 3.8) is 0 Å². The van der Waals surface area contributed by atoms with E-state index in [9.17, 15) is 14.4 Å². The van der Waals surface area contributed by atoms with Crippen LogP contribution in [0, 0.1) is 6.92 Å². The average molecular weight is 455 g/mol. The van der Waals surface area contributed by atoms with Crippen molar-refractivity contribution in [2.75, 3.05) is 6.54 Å². The zero-order valence-corrected chi connectivity index (χ0v) is 18.5. The second-order valence-electron chi connectivity index (χ2n) is 8.12. The van der Waals surface area contributed by atoms with E-state index in [1.54, 1.807) is 24.3 Å². The third kappa shape index (κ3) is 4.05. The summed E-state index contributed by atoms with van der Waals surface area (Å²) in [5, 5.41) is 5.37. The first-order valence-electron chi connectivity index (χ1n) is 10.9. The molecule has 2 amide bonds. The zero-order chi connectivity index (χ0) is 23.7. The molecule has 2 heterocycles. The number of aromatic nitrogens is 2. The molecule has 34 heavy (non-hydrogen) atoms. The SMILES string of the molecule is Cc1ccc(-c2nc(COC(=O)CCCN3C(=O)c4cccc5cccc(c45)C3=O)no2)cc1. The summed E-state index contributed by atoms with van der Waals surface area (Å²) in [6, 6.07) is 18.4. The molecule has 0 fully saturated rings. The highest BCUT2D eigenvalue weighted by Crippen LogP contribution is 2.30. The van der Waals surface area contributed by atoms with Crippen molar-refractivity contribution < 1.29 is 23.6 Å². The number of carbonyl (C=O) groups excluding carboxylic acids is 3. The molecule has 8 nitrogen and oxygen atoms in total. The molecule has 0 bridgehead atoms. The number of nitrogens with zero attached hydrogens (tertiary/aromatic N) is 3. The first kappa shape index (κ1) is 21.5. The Hall–Kier alpha value is -4.33. The van der Waals surface area contributed by atoms with Gasteiger partial charge < -0.3 is 9.26 Å². The third-order valence-electron chi connectivity index (χ3n) is 5.75. The van der Waals surface area contributed by atoms with E-state index < -0.39 is 5.97 Å². The number of carbonyl (C=O) groups is 3. The van der Waals surface area contributed by atoms with E-state index in [0.717, 1.165) is 16.5 Å². The molecule has 1 aliphatic rings. The van der Waals surface area contributed by atoms with E-state index in [1.165, 1.54) is 4.90 Å². The van der Waals surface area contributed by atoms with Crippen molar-refractivity contribution in [1.82, 2.24) is 15.0 Å². The number of amides is 2. The fraction of sp³-hybridized carbons (Fsp3) is 0.192. The molecule has 8 heteroatoms. The maximum Gasteiger partial charge on any atom is 0.306 e. The van der Waals surface area contributed by atoms with Crippen LogP contribution in [0.1, 0.15) is 44.9 Å². The lowest BCUT2D eigenvalue weighted by molar-refractivity contribution is -0.145. The first-order chi connectivity index (χ1) is 16.5. The topological polar surface area (TPSA) is 103 Å². The van der Waals surface area contributed by atoms with Gasteiger partial charge in [-0.05, 0) is 43.0 Å². The fourth-order valence-electron chi connectivity index (χ4n) is 4.01. The molecule has 0 spiro atoms. The number of hydrogen-bond donors (Lipinski definition) is 0. The summed E-state index contributed by atoms with van der Waals surface area (Å²) < 4.78 is 10.5. The Morgan fingerprint density at radius 3 is 2.32 bits per heavy atom. The van der Waals surface area contributed by atoms with Gasteiger partial charge in [-0.2, -0.15) is 4.98 Å². The average Bonchev–Trinajstić information content (AvgIpc) is 3.33. The minimum Gasteiger partial charge on any atom is -0.457 e. The molecule has 1 aromatic heterocycles. The molecule has 0 radical (unpaired) electrons. The van der Waals surface area contributed by atoms with Gasteiger partial charge in [0.15, 0.2) is 6.61 Å². The van der Waals surface area contributed by atoms with Gasteiger partial charge in [-0.15, -0.1) is 0 Å². The largest absolute Gasteiger partial charge is 0.457 e. The summed E-state index contributed by atoms with van der Waals surface area (Å²) in [7, 11) is 0. The summed E-state index contributed by atoms with van der Waals surface area (Å²) in [5.74, 6) is -0.559. The van der Waals surface area contributed by atoms with Crippen LogP contribution in [0.2, 0.25) is 0 Å². The predicted molar refractivity (Wildman–Crippen MR) is 123 cm³/mol. The van der Waals surface area contributed by atoms with Crippen LogP contribution >= 0.6 is 0 Å². The van der Waals surface area contributed by atoms with Crippen LogP contribution in [-0.4, -0.2) is 39.4 Å². The minimum atomic E-state index is -0.471. The van der Waals surface area contributed by atoms with Gasteiger partial charge in [0.2, 0.25) is 5.82 Å². The van der Waals surface area contributed by atoms with Crippen molar-refractivity contribution >= 4 is 28.6 Å². The number of imide groups is 1. The molecule has 1 aliphatic heterocycles. The van der Waals surface area contributed by atoms with E-state index in [4.69, 9.17) is 9.26 Å². The highest BCUT2D eigenvalue weighted by Gasteiger charge is 2.32. The second-order valence-corrected chi connectivity index (χ2v) is 8.12. The molecule has 0 saturated carbocycles. The molecule has 3 aromatic carbocycles. The maximum atomic E-state index is 12.9. The molecular weight excluding hydrogens is 434 g/mol. The van der Waals surface area contributed by atoms with Gasteiger partial charge in [-0.3, -0.25) is 19.3 Å². The van der Waals surface area contributed by atoms with Gasteiger partial charge in [0.1, 0.15) is 0 Å². The number of hydrogen-bond acceptors (Lipinski definition) is 7. The number of rotatable bonds is 7. The summed E-state index contributed by atoms with van der Waals surface area (Å²) in [6.45, 7) is 1.99. The first-order valence-corrected chi connectivity index (χ1v) is 10.9. The third-order valence-corrected chi connectivity index (χ3v) is 5.75. The van der Waals surface area contributed by atoms with Crippen LogP contribution in [0.4, 0.5) is 0 Å². The van der Waals surface area contributed by atoms with Crippen LogP contribution in [-0.2, 0) is 16.1 Å². The Balaban J connectivity index is 1.15. The molecule has 0 atom stereocenters. The molecule has 0 saturated heterocycles. The van der Waals surface area contributed by atoms with Gasteiger partial charge in [0, 0.05) is 35.0 Å². The number of esters is 1. The van der Waals surface area contributed by atoms with Crippen molar-refractivity contribution in [3.8, 4) is 11.5 Å². The number of benzene rings is 3. The lowest BCUT2D eigenvalue weighted by Gasteiger charge is -2.27. The highest BCUT2D eigenvalue weighted by molar-refractivity contribution is 6.25. The molecule has 5 rings (SSSR count). The van der Waals surface area contributed by atoms with Gasteiger partial charge >= 0.3 is 5.97 Å². The standard InChI is InChI=1S/C26H21N3O5/c1-16-10-12-18(13-11-16)24-27-21(28-34-24)15-33-22(30)9-4-14-29-25(31)19-7-2-5-17-6-3-8-20(23(17)19)26(29)32/h2-3,5-8,10-13H,4,9,14-15H2,1H3. The highest BCUT2D eigenvalue weighted by atomic mass is 16.5. The van der Waals surface area contributed by atoms with Crippen LogP contribution in [0.15, 0.2) is 65.2 Å². The number of ether oxygens (including phenoxy) is 1. The van der Waals surface area contributed by atoms with Crippen LogP contribution in [0.25, 0.3) is 22.2 Å². The quantitative estimate of drug-likeness (QED) is 0.302. The van der Waals surface area contributed by atoms with E-state index >= 15 is 0 Å². The molecule has 0 N–H and O–H groups in total. The van der Waals surface area contributed by atoms with Crippen molar-refractivity contribution in [3.05, 3.63) is 83.2 Å². The lowest BCUT2D eigenvalue weighted by atomic mass is 9.94. The Kier molecular flexibility index (Phi) is 5.63. The Morgan fingerprint density at radius 2 is 1.65 bits per heavy atom. The molecule has 4 aromatic rings. The molecule has 0 aliphatic carbocycles. The van der Waals surface area contributed by atoms with E-state index in [2.05, 4.69) is 10.1 Å². The van der Waals surface area contributed by atoms with Crippen molar-refractivity contribution in [2.24, 2.45) is 0 Å².